The topological polar surface area (TPSA) is 42.0 Å². The van der Waals surface area contributed by atoms with Crippen molar-refractivity contribution in [3.63, 3.8) is 0 Å². The number of nitrogens with zero attached hydrogens (tertiary/aromatic N) is 1. The largest absolute Gasteiger partial charge is 0.301 e. The van der Waals surface area contributed by atoms with Crippen LogP contribution in [0.5, 0.6) is 0 Å². The van der Waals surface area contributed by atoms with Gasteiger partial charge in [0.05, 0.1) is 5.92 Å². The summed E-state index contributed by atoms with van der Waals surface area (Å²) in [5.41, 5.74) is 3.37. The van der Waals surface area contributed by atoms with Crippen LogP contribution < -0.4 is 5.32 Å². The number of nitrogens with one attached hydrogen (secondary N) is 1. The summed E-state index contributed by atoms with van der Waals surface area (Å²) in [6.45, 7) is 6.33. The van der Waals surface area contributed by atoms with Crippen molar-refractivity contribution in [3.8, 4) is 0 Å². The molecule has 3 rings (SSSR count). The zero-order valence-electron chi connectivity index (χ0n) is 16.4. The fourth-order valence-electron chi connectivity index (χ4n) is 3.06. The highest BCUT2D eigenvalue weighted by Crippen LogP contribution is 2.26. The van der Waals surface area contributed by atoms with Crippen LogP contribution in [0.15, 0.2) is 54.7 Å². The quantitative estimate of drug-likeness (QED) is 0.492. The normalized spacial score (nSPS) is 12.2. The third kappa shape index (κ3) is 5.43. The minimum Gasteiger partial charge on any atom is -0.301 e. The number of amides is 1. The Morgan fingerprint density at radius 2 is 1.82 bits per heavy atom. The molecule has 0 saturated carbocycles. The van der Waals surface area contributed by atoms with E-state index in [0.29, 0.717) is 17.5 Å². The smallest absolute Gasteiger partial charge is 0.233 e. The first-order valence-electron chi connectivity index (χ1n) is 9.50. The number of carbonyl (C=O) groups is 1. The molecule has 3 aromatic rings. The lowest BCUT2D eigenvalue weighted by Crippen LogP contribution is -2.18. The first-order valence-corrected chi connectivity index (χ1v) is 10.7. The van der Waals surface area contributed by atoms with Crippen LogP contribution >= 0.6 is 22.9 Å². The number of thiazole rings is 1. The Kier molecular flexibility index (Phi) is 6.87. The number of hydrogen-bond donors (Lipinski definition) is 1. The van der Waals surface area contributed by atoms with Gasteiger partial charge in [0.2, 0.25) is 5.91 Å². The van der Waals surface area contributed by atoms with Crippen molar-refractivity contribution in [2.45, 2.75) is 39.5 Å². The van der Waals surface area contributed by atoms with Crippen LogP contribution in [0.1, 0.15) is 48.3 Å². The Labute approximate surface area is 175 Å². The third-order valence-corrected chi connectivity index (χ3v) is 5.90. The van der Waals surface area contributed by atoms with Crippen molar-refractivity contribution < 1.29 is 4.79 Å². The molecule has 1 atom stereocenters. The van der Waals surface area contributed by atoms with Gasteiger partial charge in [-0.2, -0.15) is 0 Å². The fourth-order valence-corrected chi connectivity index (χ4v) is 4.10. The van der Waals surface area contributed by atoms with Gasteiger partial charge in [-0.3, -0.25) is 4.79 Å². The Morgan fingerprint density at radius 1 is 1.11 bits per heavy atom. The van der Waals surface area contributed by atoms with Gasteiger partial charge in [-0.1, -0.05) is 67.9 Å². The summed E-state index contributed by atoms with van der Waals surface area (Å²) in [4.78, 5) is 18.0. The molecule has 0 fully saturated rings. The van der Waals surface area contributed by atoms with Gasteiger partial charge in [-0.25, -0.2) is 4.98 Å². The number of hydrogen-bond acceptors (Lipinski definition) is 3. The number of benzene rings is 2. The van der Waals surface area contributed by atoms with Gasteiger partial charge in [-0.05, 0) is 42.0 Å². The molecule has 146 valence electrons. The highest BCUT2D eigenvalue weighted by Gasteiger charge is 2.17. The van der Waals surface area contributed by atoms with Gasteiger partial charge in [0.25, 0.3) is 0 Å². The average molecular weight is 413 g/mol. The first kappa shape index (κ1) is 20.6. The Balaban J connectivity index is 1.61. The second kappa shape index (κ2) is 9.35. The van der Waals surface area contributed by atoms with Crippen molar-refractivity contribution in [2.24, 2.45) is 5.92 Å². The van der Waals surface area contributed by atoms with Crippen molar-refractivity contribution >= 4 is 34.0 Å². The molecule has 28 heavy (non-hydrogen) atoms. The highest BCUT2D eigenvalue weighted by molar-refractivity contribution is 7.15. The van der Waals surface area contributed by atoms with Crippen LogP contribution in [-0.2, 0) is 17.6 Å². The van der Waals surface area contributed by atoms with Crippen molar-refractivity contribution in [3.05, 3.63) is 81.3 Å². The van der Waals surface area contributed by atoms with Gasteiger partial charge in [0.15, 0.2) is 5.13 Å². The summed E-state index contributed by atoms with van der Waals surface area (Å²) in [7, 11) is 0. The molecule has 0 aliphatic carbocycles. The van der Waals surface area contributed by atoms with Gasteiger partial charge >= 0.3 is 0 Å². The number of anilines is 1. The van der Waals surface area contributed by atoms with Crippen LogP contribution in [-0.4, -0.2) is 10.9 Å². The molecule has 0 spiro atoms. The maximum absolute atomic E-state index is 12.6. The van der Waals surface area contributed by atoms with Crippen LogP contribution in [0.4, 0.5) is 5.13 Å². The molecule has 3 nitrogen and oxygen atoms in total. The van der Waals surface area contributed by atoms with E-state index in [0.717, 1.165) is 27.4 Å². The SMILES string of the molecule is CC(C)Cc1ccc(C(C)C(=O)Nc2ncc(Cc3ccccc3Cl)s2)cc1. The lowest BCUT2D eigenvalue weighted by atomic mass is 9.96. The number of aromatic nitrogens is 1. The van der Waals surface area contributed by atoms with Gasteiger partial charge in [0, 0.05) is 22.5 Å². The summed E-state index contributed by atoms with van der Waals surface area (Å²) in [6, 6.07) is 16.1. The van der Waals surface area contributed by atoms with Crippen molar-refractivity contribution in [1.29, 1.82) is 0 Å². The Hall–Kier alpha value is -2.17. The molecular weight excluding hydrogens is 388 g/mol. The lowest BCUT2D eigenvalue weighted by molar-refractivity contribution is -0.117. The molecular formula is C23H25ClN2OS. The summed E-state index contributed by atoms with van der Waals surface area (Å²) in [5, 5.41) is 4.31. The van der Waals surface area contributed by atoms with E-state index < -0.39 is 0 Å². The second-order valence-electron chi connectivity index (χ2n) is 7.45. The molecule has 0 radical (unpaired) electrons. The van der Waals surface area contributed by atoms with E-state index in [4.69, 9.17) is 11.6 Å². The molecule has 0 saturated heterocycles. The minimum atomic E-state index is -0.232. The van der Waals surface area contributed by atoms with E-state index in [9.17, 15) is 4.79 Å². The number of rotatable bonds is 7. The predicted octanol–water partition coefficient (Wildman–Crippen LogP) is 6.33. The lowest BCUT2D eigenvalue weighted by Gasteiger charge is -2.12. The minimum absolute atomic E-state index is 0.0461. The maximum Gasteiger partial charge on any atom is 0.233 e. The zero-order chi connectivity index (χ0) is 20.1. The fraction of sp³-hybridized carbons (Fsp3) is 0.304. The van der Waals surface area contributed by atoms with Gasteiger partial charge in [-0.15, -0.1) is 11.3 Å². The van der Waals surface area contributed by atoms with Gasteiger partial charge in [0.1, 0.15) is 0 Å². The monoisotopic (exact) mass is 412 g/mol. The van der Waals surface area contributed by atoms with Crippen LogP contribution in [0.3, 0.4) is 0 Å². The molecule has 0 aliphatic heterocycles. The highest BCUT2D eigenvalue weighted by atomic mass is 35.5. The van der Waals surface area contributed by atoms with Crippen molar-refractivity contribution in [1.82, 2.24) is 4.98 Å². The standard InChI is InChI=1S/C23H25ClN2OS/c1-15(2)12-17-8-10-18(11-9-17)16(3)22(27)26-23-25-14-20(28-23)13-19-6-4-5-7-21(19)24/h4-11,14-16H,12-13H2,1-3H3,(H,25,26,27). The Bertz CT molecular complexity index is 934. The second-order valence-corrected chi connectivity index (χ2v) is 8.97. The summed E-state index contributed by atoms with van der Waals surface area (Å²) in [5.74, 6) is 0.343. The molecule has 1 amide bonds. The van der Waals surface area contributed by atoms with E-state index in [1.807, 2.05) is 43.3 Å². The third-order valence-electron chi connectivity index (χ3n) is 4.62. The molecule has 0 aliphatic rings. The van der Waals surface area contributed by atoms with Crippen LogP contribution in [0.25, 0.3) is 0 Å². The summed E-state index contributed by atoms with van der Waals surface area (Å²) >= 11 is 7.71. The van der Waals surface area contributed by atoms with Crippen LogP contribution in [0.2, 0.25) is 5.02 Å². The average Bonchev–Trinajstić information content (AvgIpc) is 3.10. The first-order chi connectivity index (χ1) is 13.4. The molecule has 0 bridgehead atoms. The van der Waals surface area contributed by atoms with E-state index in [1.54, 1.807) is 6.20 Å². The molecule has 1 N–H and O–H groups in total. The summed E-state index contributed by atoms with van der Waals surface area (Å²) in [6.07, 6.45) is 3.56. The predicted molar refractivity (Wildman–Crippen MR) is 118 cm³/mol. The van der Waals surface area contributed by atoms with E-state index >= 15 is 0 Å². The zero-order valence-corrected chi connectivity index (χ0v) is 18.0. The van der Waals surface area contributed by atoms with Crippen molar-refractivity contribution in [2.75, 3.05) is 5.32 Å². The molecule has 5 heteroatoms. The van der Waals surface area contributed by atoms with E-state index in [-0.39, 0.29) is 11.8 Å². The van der Waals surface area contributed by atoms with E-state index in [1.165, 1.54) is 16.9 Å². The van der Waals surface area contributed by atoms with Gasteiger partial charge < -0.3 is 5.32 Å². The molecule has 1 unspecified atom stereocenters. The number of carbonyl (C=O) groups excluding carboxylic acids is 1. The Morgan fingerprint density at radius 3 is 2.50 bits per heavy atom. The molecule has 2 aromatic carbocycles. The number of halogens is 1. The summed E-state index contributed by atoms with van der Waals surface area (Å²) < 4.78 is 0. The molecule has 1 aromatic heterocycles. The van der Waals surface area contributed by atoms with Crippen LogP contribution in [0, 0.1) is 5.92 Å². The van der Waals surface area contributed by atoms with E-state index in [2.05, 4.69) is 36.3 Å². The molecule has 1 heterocycles. The maximum atomic E-state index is 12.6.